The van der Waals surface area contributed by atoms with Crippen molar-refractivity contribution in [2.75, 3.05) is 6.61 Å². The first-order valence-corrected chi connectivity index (χ1v) is 8.16. The average molecular weight is 324 g/mol. The van der Waals surface area contributed by atoms with E-state index in [1.54, 1.807) is 18.2 Å². The van der Waals surface area contributed by atoms with Crippen LogP contribution in [0.2, 0.25) is 0 Å². The van der Waals surface area contributed by atoms with Crippen LogP contribution in [0.25, 0.3) is 0 Å². The summed E-state index contributed by atoms with van der Waals surface area (Å²) in [7, 11) is 0. The normalized spacial score (nSPS) is 24.1. The van der Waals surface area contributed by atoms with Crippen molar-refractivity contribution in [3.05, 3.63) is 36.1 Å². The fraction of sp³-hybridized carbons (Fsp3) is 0.611. The third kappa shape index (κ3) is 7.01. The third-order valence-corrected chi connectivity index (χ3v) is 4.12. The van der Waals surface area contributed by atoms with Gasteiger partial charge in [0.1, 0.15) is 5.76 Å². The highest BCUT2D eigenvalue weighted by Gasteiger charge is 2.23. The fourth-order valence-electron chi connectivity index (χ4n) is 2.73. The van der Waals surface area contributed by atoms with Crippen LogP contribution in [0.3, 0.4) is 0 Å². The molecule has 0 heterocycles. The number of aliphatic hydroxyl groups is 2. The smallest absolute Gasteiger partial charge is 0.306 e. The number of hydrogen-bond acceptors (Lipinski definition) is 4. The van der Waals surface area contributed by atoms with E-state index in [9.17, 15) is 15.0 Å². The second-order valence-corrected chi connectivity index (χ2v) is 5.94. The summed E-state index contributed by atoms with van der Waals surface area (Å²) in [6.45, 7) is 5.87. The molecule has 0 aromatic carbocycles. The van der Waals surface area contributed by atoms with E-state index in [1.807, 2.05) is 6.92 Å². The maximum Gasteiger partial charge on any atom is 0.306 e. The Morgan fingerprint density at radius 2 is 2.09 bits per heavy atom. The van der Waals surface area contributed by atoms with Gasteiger partial charge < -0.3 is 20.1 Å². The number of carboxylic acid groups (broad SMARTS) is 1. The Morgan fingerprint density at radius 3 is 2.65 bits per heavy atom. The summed E-state index contributed by atoms with van der Waals surface area (Å²) in [5.74, 6) is -0.358. The molecule has 0 amide bonds. The van der Waals surface area contributed by atoms with E-state index in [-0.39, 0.29) is 18.4 Å². The molecule has 1 rings (SSSR count). The first-order valence-electron chi connectivity index (χ1n) is 8.16. The number of aliphatic hydroxyl groups excluding tert-OH is 2. The molecule has 1 fully saturated rings. The van der Waals surface area contributed by atoms with Crippen LogP contribution in [0.1, 0.15) is 45.4 Å². The van der Waals surface area contributed by atoms with Gasteiger partial charge in [-0.25, -0.2) is 0 Å². The minimum atomic E-state index is -1.07. The van der Waals surface area contributed by atoms with Crippen molar-refractivity contribution >= 4 is 5.97 Å². The maximum absolute atomic E-state index is 10.8. The number of ether oxygens (including phenoxy) is 1. The Balaban J connectivity index is 2.69. The van der Waals surface area contributed by atoms with Crippen molar-refractivity contribution in [1.82, 2.24) is 0 Å². The molecule has 0 spiro atoms. The number of carbonyl (C=O) groups is 1. The van der Waals surface area contributed by atoms with Gasteiger partial charge in [-0.3, -0.25) is 4.79 Å². The molecule has 0 aromatic rings. The molecule has 5 nitrogen and oxygen atoms in total. The second-order valence-electron chi connectivity index (χ2n) is 5.94. The molecular formula is C18H28O5. The molecule has 1 aliphatic rings. The average Bonchev–Trinajstić information content (AvgIpc) is 2.51. The van der Waals surface area contributed by atoms with E-state index < -0.39 is 12.1 Å². The zero-order chi connectivity index (χ0) is 17.2. The quantitative estimate of drug-likeness (QED) is 0.345. The Morgan fingerprint density at radius 1 is 1.39 bits per heavy atom. The summed E-state index contributed by atoms with van der Waals surface area (Å²) in [6.07, 6.45) is 7.63. The SMILES string of the molecule is C=CC/C(=C\C(=C/C)OCC1CCCCC1O)C(O)CC(=O)O. The first-order chi connectivity index (χ1) is 11.0. The molecular weight excluding hydrogens is 296 g/mol. The van der Waals surface area contributed by atoms with Gasteiger partial charge in [-0.05, 0) is 43.9 Å². The second kappa shape index (κ2) is 10.2. The van der Waals surface area contributed by atoms with Crippen molar-refractivity contribution in [2.24, 2.45) is 5.92 Å². The van der Waals surface area contributed by atoms with Gasteiger partial charge >= 0.3 is 5.97 Å². The summed E-state index contributed by atoms with van der Waals surface area (Å²) in [6, 6.07) is 0. The largest absolute Gasteiger partial charge is 0.494 e. The van der Waals surface area contributed by atoms with Crippen LogP contribution in [0.5, 0.6) is 0 Å². The molecule has 0 aromatic heterocycles. The van der Waals surface area contributed by atoms with Crippen molar-refractivity contribution < 1.29 is 24.9 Å². The van der Waals surface area contributed by atoms with E-state index in [0.717, 1.165) is 25.7 Å². The summed E-state index contributed by atoms with van der Waals surface area (Å²) in [4.78, 5) is 10.8. The lowest BCUT2D eigenvalue weighted by Crippen LogP contribution is -2.28. The highest BCUT2D eigenvalue weighted by atomic mass is 16.5. The molecule has 1 saturated carbocycles. The van der Waals surface area contributed by atoms with Crippen LogP contribution in [-0.4, -0.2) is 40.1 Å². The predicted octanol–water partition coefficient (Wildman–Crippen LogP) is 2.80. The molecule has 5 heteroatoms. The summed E-state index contributed by atoms with van der Waals surface area (Å²) in [5, 5.41) is 28.8. The zero-order valence-corrected chi connectivity index (χ0v) is 13.8. The van der Waals surface area contributed by atoms with Crippen molar-refractivity contribution in [1.29, 1.82) is 0 Å². The highest BCUT2D eigenvalue weighted by molar-refractivity contribution is 5.68. The molecule has 130 valence electrons. The third-order valence-electron chi connectivity index (χ3n) is 4.12. The molecule has 1 aliphatic carbocycles. The predicted molar refractivity (Wildman–Crippen MR) is 88.8 cm³/mol. The molecule has 3 unspecified atom stereocenters. The van der Waals surface area contributed by atoms with Gasteiger partial charge in [0.05, 0.1) is 25.2 Å². The van der Waals surface area contributed by atoms with Crippen molar-refractivity contribution in [3.8, 4) is 0 Å². The number of carboxylic acids is 1. The molecule has 0 aliphatic heterocycles. The Labute approximate surface area is 138 Å². The summed E-state index contributed by atoms with van der Waals surface area (Å²) in [5.41, 5.74) is 0.555. The van der Waals surface area contributed by atoms with Crippen LogP contribution >= 0.6 is 0 Å². The minimum absolute atomic E-state index is 0.124. The fourth-order valence-corrected chi connectivity index (χ4v) is 2.73. The topological polar surface area (TPSA) is 87.0 Å². The van der Waals surface area contributed by atoms with E-state index in [0.29, 0.717) is 24.4 Å². The number of hydrogen-bond donors (Lipinski definition) is 3. The molecule has 3 atom stereocenters. The zero-order valence-electron chi connectivity index (χ0n) is 13.8. The lowest BCUT2D eigenvalue weighted by molar-refractivity contribution is -0.138. The number of allylic oxidation sites excluding steroid dienone is 3. The van der Waals surface area contributed by atoms with E-state index in [1.165, 1.54) is 0 Å². The van der Waals surface area contributed by atoms with Crippen LogP contribution in [-0.2, 0) is 9.53 Å². The number of aliphatic carboxylic acids is 1. The van der Waals surface area contributed by atoms with E-state index in [2.05, 4.69) is 6.58 Å². The molecule has 3 N–H and O–H groups in total. The summed E-state index contributed by atoms with van der Waals surface area (Å²) < 4.78 is 5.77. The van der Waals surface area contributed by atoms with Crippen molar-refractivity contribution in [3.63, 3.8) is 0 Å². The highest BCUT2D eigenvalue weighted by Crippen LogP contribution is 2.25. The van der Waals surface area contributed by atoms with Gasteiger partial charge in [0.2, 0.25) is 0 Å². The van der Waals surface area contributed by atoms with Crippen LogP contribution < -0.4 is 0 Å². The van der Waals surface area contributed by atoms with E-state index >= 15 is 0 Å². The maximum atomic E-state index is 10.8. The van der Waals surface area contributed by atoms with E-state index in [4.69, 9.17) is 9.84 Å². The van der Waals surface area contributed by atoms with Gasteiger partial charge in [-0.1, -0.05) is 18.9 Å². The number of rotatable bonds is 9. The van der Waals surface area contributed by atoms with Gasteiger partial charge in [0.15, 0.2) is 0 Å². The van der Waals surface area contributed by atoms with Crippen LogP contribution in [0, 0.1) is 5.92 Å². The van der Waals surface area contributed by atoms with Gasteiger partial charge in [0.25, 0.3) is 0 Å². The Kier molecular flexibility index (Phi) is 8.66. The van der Waals surface area contributed by atoms with Gasteiger partial charge in [-0.15, -0.1) is 6.58 Å². The lowest BCUT2D eigenvalue weighted by Gasteiger charge is -2.27. The van der Waals surface area contributed by atoms with Gasteiger partial charge in [-0.2, -0.15) is 0 Å². The van der Waals surface area contributed by atoms with Crippen LogP contribution in [0.15, 0.2) is 36.1 Å². The lowest BCUT2D eigenvalue weighted by atomic mass is 9.87. The van der Waals surface area contributed by atoms with Crippen molar-refractivity contribution in [2.45, 2.75) is 57.7 Å². The first kappa shape index (κ1) is 19.5. The van der Waals surface area contributed by atoms with Crippen LogP contribution in [0.4, 0.5) is 0 Å². The monoisotopic (exact) mass is 324 g/mol. The Bertz CT molecular complexity index is 452. The van der Waals surface area contributed by atoms with Gasteiger partial charge in [0, 0.05) is 5.92 Å². The molecule has 23 heavy (non-hydrogen) atoms. The minimum Gasteiger partial charge on any atom is -0.494 e. The molecule has 0 bridgehead atoms. The molecule has 0 radical (unpaired) electrons. The standard InChI is InChI=1S/C18H28O5/c1-3-7-13(17(20)11-18(21)22)10-15(4-2)23-12-14-8-5-6-9-16(14)19/h3-4,10,14,16-17,19-20H,1,5-9,11-12H2,2H3,(H,21,22)/b13-10+,15-4+. The summed E-state index contributed by atoms with van der Waals surface area (Å²) >= 11 is 0. The molecule has 0 saturated heterocycles. The Hall–Kier alpha value is -1.59.